The molecule has 2 saturated heterocycles. The van der Waals surface area contributed by atoms with Crippen LogP contribution in [-0.4, -0.2) is 50.6 Å². The molecular weight excluding hydrogens is 250 g/mol. The van der Waals surface area contributed by atoms with E-state index in [9.17, 15) is 4.79 Å². The Morgan fingerprint density at radius 2 is 1.75 bits per heavy atom. The Bertz CT molecular complexity index is 281. The maximum atomic E-state index is 11.8. The first-order valence-electron chi connectivity index (χ1n) is 8.40. The summed E-state index contributed by atoms with van der Waals surface area (Å²) in [6, 6.07) is 0. The summed E-state index contributed by atoms with van der Waals surface area (Å²) >= 11 is 0. The normalized spacial score (nSPS) is 22.9. The highest BCUT2D eigenvalue weighted by atomic mass is 16.1. The van der Waals surface area contributed by atoms with Crippen molar-refractivity contribution in [3.8, 4) is 0 Å². The van der Waals surface area contributed by atoms with Crippen LogP contribution in [0.25, 0.3) is 0 Å². The topological polar surface area (TPSA) is 44.4 Å². The molecule has 4 heteroatoms. The largest absolute Gasteiger partial charge is 0.356 e. The predicted molar refractivity (Wildman–Crippen MR) is 82.7 cm³/mol. The third kappa shape index (κ3) is 5.80. The van der Waals surface area contributed by atoms with Gasteiger partial charge in [-0.3, -0.25) is 4.79 Å². The Morgan fingerprint density at radius 3 is 2.45 bits per heavy atom. The molecule has 0 unspecified atom stereocenters. The molecule has 2 N–H and O–H groups in total. The molecule has 0 aromatic rings. The van der Waals surface area contributed by atoms with Crippen LogP contribution in [0.4, 0.5) is 0 Å². The van der Waals surface area contributed by atoms with Crippen LogP contribution in [0.5, 0.6) is 0 Å². The van der Waals surface area contributed by atoms with Gasteiger partial charge in [-0.15, -0.1) is 0 Å². The summed E-state index contributed by atoms with van der Waals surface area (Å²) < 4.78 is 0. The van der Waals surface area contributed by atoms with Crippen molar-refractivity contribution in [3.05, 3.63) is 0 Å². The number of amides is 1. The minimum atomic E-state index is 0.261. The molecule has 0 aliphatic carbocycles. The molecule has 0 atom stereocenters. The second-order valence-electron chi connectivity index (χ2n) is 6.62. The lowest BCUT2D eigenvalue weighted by atomic mass is 9.93. The number of likely N-dealkylation sites (tertiary alicyclic amines) is 1. The predicted octanol–water partition coefficient (Wildman–Crippen LogP) is 1.61. The van der Waals surface area contributed by atoms with Crippen molar-refractivity contribution in [2.75, 3.05) is 39.8 Å². The van der Waals surface area contributed by atoms with Gasteiger partial charge in [-0.2, -0.15) is 0 Å². The van der Waals surface area contributed by atoms with Crippen molar-refractivity contribution >= 4 is 5.91 Å². The number of carbonyl (C=O) groups excluding carboxylic acids is 1. The van der Waals surface area contributed by atoms with Gasteiger partial charge in [0.1, 0.15) is 0 Å². The second-order valence-corrected chi connectivity index (χ2v) is 6.62. The summed E-state index contributed by atoms with van der Waals surface area (Å²) in [4.78, 5) is 14.2. The number of rotatable bonds is 6. The first-order valence-corrected chi connectivity index (χ1v) is 8.40. The van der Waals surface area contributed by atoms with Gasteiger partial charge in [-0.25, -0.2) is 0 Å². The fraction of sp³-hybridized carbons (Fsp3) is 0.938. The lowest BCUT2D eigenvalue weighted by molar-refractivity contribution is -0.121. The molecule has 0 bridgehead atoms. The molecule has 0 aromatic heterocycles. The summed E-state index contributed by atoms with van der Waals surface area (Å²) in [6.07, 6.45) is 8.02. The van der Waals surface area contributed by atoms with Gasteiger partial charge in [0, 0.05) is 13.0 Å². The minimum absolute atomic E-state index is 0.261. The van der Waals surface area contributed by atoms with Crippen LogP contribution in [0.3, 0.4) is 0 Å². The van der Waals surface area contributed by atoms with E-state index in [4.69, 9.17) is 0 Å². The highest BCUT2D eigenvalue weighted by Gasteiger charge is 2.17. The van der Waals surface area contributed by atoms with Gasteiger partial charge in [0.2, 0.25) is 5.91 Å². The quantitative estimate of drug-likeness (QED) is 0.777. The molecule has 0 saturated carbocycles. The van der Waals surface area contributed by atoms with Crippen LogP contribution in [0.15, 0.2) is 0 Å². The van der Waals surface area contributed by atoms with Crippen LogP contribution in [0, 0.1) is 11.8 Å². The van der Waals surface area contributed by atoms with E-state index in [1.54, 1.807) is 0 Å². The third-order valence-electron chi connectivity index (χ3n) is 4.95. The third-order valence-corrected chi connectivity index (χ3v) is 4.95. The van der Waals surface area contributed by atoms with E-state index in [-0.39, 0.29) is 5.91 Å². The molecule has 20 heavy (non-hydrogen) atoms. The van der Waals surface area contributed by atoms with Gasteiger partial charge >= 0.3 is 0 Å². The second kappa shape index (κ2) is 8.63. The molecular formula is C16H31N3O. The van der Waals surface area contributed by atoms with Gasteiger partial charge in [-0.1, -0.05) is 0 Å². The molecule has 2 aliphatic rings. The summed E-state index contributed by atoms with van der Waals surface area (Å²) in [7, 11) is 2.19. The molecule has 4 nitrogen and oxygen atoms in total. The van der Waals surface area contributed by atoms with E-state index in [1.165, 1.54) is 38.8 Å². The molecule has 2 heterocycles. The van der Waals surface area contributed by atoms with E-state index in [0.29, 0.717) is 0 Å². The van der Waals surface area contributed by atoms with Crippen LogP contribution in [0.2, 0.25) is 0 Å². The fourth-order valence-electron chi connectivity index (χ4n) is 3.36. The van der Waals surface area contributed by atoms with Crippen molar-refractivity contribution in [3.63, 3.8) is 0 Å². The van der Waals surface area contributed by atoms with Crippen LogP contribution >= 0.6 is 0 Å². The summed E-state index contributed by atoms with van der Waals surface area (Å²) in [5.41, 5.74) is 0. The van der Waals surface area contributed by atoms with E-state index in [1.807, 2.05) is 0 Å². The summed E-state index contributed by atoms with van der Waals surface area (Å²) in [5, 5.41) is 6.48. The first kappa shape index (κ1) is 15.8. The molecule has 0 aromatic carbocycles. The SMILES string of the molecule is CN1CCC(CCNC(=O)CCC2CCNCC2)CC1. The molecule has 2 aliphatic heterocycles. The van der Waals surface area contributed by atoms with Crippen LogP contribution < -0.4 is 10.6 Å². The molecule has 116 valence electrons. The van der Waals surface area contributed by atoms with E-state index < -0.39 is 0 Å². The summed E-state index contributed by atoms with van der Waals surface area (Å²) in [6.45, 7) is 5.56. The Balaban J connectivity index is 1.49. The zero-order chi connectivity index (χ0) is 14.2. The maximum absolute atomic E-state index is 11.8. The summed E-state index contributed by atoms with van der Waals surface area (Å²) in [5.74, 6) is 1.84. The van der Waals surface area contributed by atoms with Crippen molar-refractivity contribution < 1.29 is 4.79 Å². The smallest absolute Gasteiger partial charge is 0.220 e. The Kier molecular flexibility index (Phi) is 6.80. The average molecular weight is 281 g/mol. The van der Waals surface area contributed by atoms with Crippen LogP contribution in [0.1, 0.15) is 44.9 Å². The highest BCUT2D eigenvalue weighted by molar-refractivity contribution is 5.75. The highest BCUT2D eigenvalue weighted by Crippen LogP contribution is 2.19. The zero-order valence-electron chi connectivity index (χ0n) is 13.0. The number of piperidine rings is 2. The zero-order valence-corrected chi connectivity index (χ0v) is 13.0. The number of nitrogens with one attached hydrogen (secondary N) is 2. The van der Waals surface area contributed by atoms with E-state index in [0.717, 1.165) is 50.7 Å². The number of nitrogens with zero attached hydrogens (tertiary/aromatic N) is 1. The minimum Gasteiger partial charge on any atom is -0.356 e. The monoisotopic (exact) mass is 281 g/mol. The maximum Gasteiger partial charge on any atom is 0.220 e. The van der Waals surface area contributed by atoms with Gasteiger partial charge in [-0.05, 0) is 83.6 Å². The molecule has 0 radical (unpaired) electrons. The Hall–Kier alpha value is -0.610. The average Bonchev–Trinajstić information content (AvgIpc) is 2.48. The standard InChI is InChI=1S/C16H31N3O/c1-19-12-7-15(8-13-19)6-11-18-16(20)3-2-14-4-9-17-10-5-14/h14-15,17H,2-13H2,1H3,(H,18,20). The van der Waals surface area contributed by atoms with Gasteiger partial charge in [0.15, 0.2) is 0 Å². The Labute approximate surface area is 123 Å². The molecule has 1 amide bonds. The van der Waals surface area contributed by atoms with Crippen molar-refractivity contribution in [2.24, 2.45) is 11.8 Å². The van der Waals surface area contributed by atoms with Gasteiger partial charge in [0.25, 0.3) is 0 Å². The first-order chi connectivity index (χ1) is 9.74. The van der Waals surface area contributed by atoms with E-state index >= 15 is 0 Å². The van der Waals surface area contributed by atoms with Crippen molar-refractivity contribution in [2.45, 2.75) is 44.9 Å². The molecule has 2 rings (SSSR count). The fourth-order valence-corrected chi connectivity index (χ4v) is 3.36. The number of hydrogen-bond donors (Lipinski definition) is 2. The Morgan fingerprint density at radius 1 is 1.10 bits per heavy atom. The van der Waals surface area contributed by atoms with Crippen LogP contribution in [-0.2, 0) is 4.79 Å². The van der Waals surface area contributed by atoms with E-state index in [2.05, 4.69) is 22.6 Å². The van der Waals surface area contributed by atoms with Crippen molar-refractivity contribution in [1.82, 2.24) is 15.5 Å². The molecule has 2 fully saturated rings. The van der Waals surface area contributed by atoms with Crippen molar-refractivity contribution in [1.29, 1.82) is 0 Å². The van der Waals surface area contributed by atoms with Gasteiger partial charge in [0.05, 0.1) is 0 Å². The lowest BCUT2D eigenvalue weighted by Crippen LogP contribution is -2.33. The van der Waals surface area contributed by atoms with Gasteiger partial charge < -0.3 is 15.5 Å². The number of hydrogen-bond acceptors (Lipinski definition) is 3. The molecule has 0 spiro atoms. The lowest BCUT2D eigenvalue weighted by Gasteiger charge is -2.28. The number of carbonyl (C=O) groups is 1.